The Morgan fingerprint density at radius 3 is 2.66 bits per heavy atom. The number of phenolic OH excluding ortho intramolecular Hbond substituents is 2. The van der Waals surface area contributed by atoms with Crippen molar-refractivity contribution < 1.29 is 29.2 Å². The van der Waals surface area contributed by atoms with Gasteiger partial charge in [0, 0.05) is 40.9 Å². The van der Waals surface area contributed by atoms with Crippen molar-refractivity contribution in [2.24, 2.45) is 5.73 Å². The molecule has 6 atom stereocenters. The number of amides is 1. The lowest BCUT2D eigenvalue weighted by Crippen LogP contribution is -2.66. The largest absolute Gasteiger partial charge is 0.507 e. The molecule has 6 rings (SSSR count). The lowest BCUT2D eigenvalue weighted by molar-refractivity contribution is -0.123. The lowest BCUT2D eigenvalue weighted by atomic mass is 9.76. The van der Waals surface area contributed by atoms with Gasteiger partial charge >= 0.3 is 0 Å². The van der Waals surface area contributed by atoms with Gasteiger partial charge < -0.3 is 35.5 Å². The van der Waals surface area contributed by atoms with Crippen LogP contribution in [0.1, 0.15) is 58.8 Å². The van der Waals surface area contributed by atoms with E-state index in [9.17, 15) is 20.3 Å². The Balaban J connectivity index is 1.59. The fourth-order valence-electron chi connectivity index (χ4n) is 7.62. The Hall–Kier alpha value is -3.72. The molecule has 11 heteroatoms. The maximum absolute atomic E-state index is 12.7. The number of ether oxygens (including phenoxy) is 3. The molecule has 2 aromatic rings. The molecule has 0 saturated carbocycles. The van der Waals surface area contributed by atoms with E-state index in [1.165, 1.54) is 0 Å². The first-order valence-corrected chi connectivity index (χ1v) is 14.1. The number of nitrogens with two attached hydrogens (primary N) is 1. The van der Waals surface area contributed by atoms with Crippen molar-refractivity contribution in [2.45, 2.75) is 76.3 Å². The fourth-order valence-corrected chi connectivity index (χ4v) is 7.62. The molecule has 2 aromatic carbocycles. The number of nitrogens with one attached hydrogen (secondary N) is 1. The van der Waals surface area contributed by atoms with Crippen molar-refractivity contribution in [1.29, 1.82) is 5.26 Å². The van der Waals surface area contributed by atoms with Crippen molar-refractivity contribution in [3.8, 4) is 34.8 Å². The van der Waals surface area contributed by atoms with E-state index >= 15 is 0 Å². The number of aryl methyl sites for hydroxylation is 2. The van der Waals surface area contributed by atoms with Crippen LogP contribution in [0.4, 0.5) is 0 Å². The van der Waals surface area contributed by atoms with E-state index in [-0.39, 0.29) is 48.9 Å². The first-order valence-electron chi connectivity index (χ1n) is 14.1. The number of hydrogen-bond acceptors (Lipinski definition) is 10. The number of phenols is 2. The van der Waals surface area contributed by atoms with Crippen LogP contribution in [0.2, 0.25) is 0 Å². The van der Waals surface area contributed by atoms with E-state index < -0.39 is 18.1 Å². The standard InChI is InChI=1S/C30H37N5O6/c1-13-8-16-6-7-18-20(10-31)35-19(24(34(18)4)22(16)26(37)27(13)39-5)9-17-23(21(35)11-33-30(38)15(3)32)29-28(40-12-41-29)14(2)25(17)36/h8,15,18-21,24,36-37H,6-7,9,11-12,32H2,1-5H3,(H,33,38)/t15-,18-,19-,20-,21-,24-/m0/s1. The highest BCUT2D eigenvalue weighted by Gasteiger charge is 2.55. The second-order valence-electron chi connectivity index (χ2n) is 11.6. The molecule has 4 heterocycles. The second-order valence-corrected chi connectivity index (χ2v) is 11.6. The Morgan fingerprint density at radius 1 is 1.24 bits per heavy atom. The molecule has 4 aliphatic heterocycles. The number of carbonyl (C=O) groups excluding carboxylic acids is 1. The summed E-state index contributed by atoms with van der Waals surface area (Å²) in [6, 6.07) is 2.08. The van der Waals surface area contributed by atoms with Crippen molar-refractivity contribution in [3.05, 3.63) is 39.4 Å². The third kappa shape index (κ3) is 3.92. The van der Waals surface area contributed by atoms with E-state index in [0.29, 0.717) is 53.2 Å². The number of carbonyl (C=O) groups is 1. The SMILES string of the molecule is COc1c(C)cc2c(c1O)[C@@H]1[C@@H]3Cc4c(O)c(C)c5c(c4[C@H](CNC(=O)[C@H](C)N)N3[C@@H](C#N)[C@H](CC2)N1C)OCO5. The van der Waals surface area contributed by atoms with E-state index in [0.717, 1.165) is 16.7 Å². The summed E-state index contributed by atoms with van der Waals surface area (Å²) >= 11 is 0. The van der Waals surface area contributed by atoms with Gasteiger partial charge in [0.1, 0.15) is 11.8 Å². The zero-order valence-electron chi connectivity index (χ0n) is 24.0. The van der Waals surface area contributed by atoms with Crippen LogP contribution < -0.4 is 25.3 Å². The van der Waals surface area contributed by atoms with Gasteiger partial charge in [-0.05, 0) is 58.2 Å². The van der Waals surface area contributed by atoms with Crippen LogP contribution in [0, 0.1) is 25.2 Å². The minimum atomic E-state index is -0.716. The molecule has 2 bridgehead atoms. The number of nitrogens with zero attached hydrogens (tertiary/aromatic N) is 3. The van der Waals surface area contributed by atoms with Gasteiger partial charge in [0.05, 0.1) is 31.3 Å². The Bertz CT molecular complexity index is 1470. The highest BCUT2D eigenvalue weighted by atomic mass is 16.7. The molecule has 5 N–H and O–H groups in total. The van der Waals surface area contributed by atoms with E-state index in [1.54, 1.807) is 21.0 Å². The van der Waals surface area contributed by atoms with Crippen LogP contribution >= 0.6 is 0 Å². The lowest BCUT2D eigenvalue weighted by Gasteiger charge is -2.57. The molecular formula is C30H37N5O6. The van der Waals surface area contributed by atoms with Crippen LogP contribution in [0.15, 0.2) is 6.07 Å². The Morgan fingerprint density at radius 2 is 1.98 bits per heavy atom. The van der Waals surface area contributed by atoms with Crippen LogP contribution in [0.25, 0.3) is 0 Å². The summed E-state index contributed by atoms with van der Waals surface area (Å²) in [4.78, 5) is 17.1. The van der Waals surface area contributed by atoms with Gasteiger partial charge in [-0.1, -0.05) is 6.07 Å². The average molecular weight is 564 g/mol. The molecule has 41 heavy (non-hydrogen) atoms. The third-order valence-electron chi connectivity index (χ3n) is 9.46. The summed E-state index contributed by atoms with van der Waals surface area (Å²) in [7, 11) is 3.55. The Kier molecular flexibility index (Phi) is 6.68. The van der Waals surface area contributed by atoms with Crippen LogP contribution in [0.3, 0.4) is 0 Å². The van der Waals surface area contributed by atoms with Crippen molar-refractivity contribution >= 4 is 5.91 Å². The van der Waals surface area contributed by atoms with Crippen LogP contribution in [-0.2, 0) is 17.6 Å². The van der Waals surface area contributed by atoms with Crippen molar-refractivity contribution in [3.63, 3.8) is 0 Å². The molecule has 0 unspecified atom stereocenters. The zero-order chi connectivity index (χ0) is 29.3. The number of piperazine rings is 1. The minimum Gasteiger partial charge on any atom is -0.507 e. The molecule has 4 aliphatic rings. The smallest absolute Gasteiger partial charge is 0.236 e. The number of hydrogen-bond donors (Lipinski definition) is 4. The molecule has 1 saturated heterocycles. The maximum Gasteiger partial charge on any atom is 0.236 e. The predicted octanol–water partition coefficient (Wildman–Crippen LogP) is 2.08. The summed E-state index contributed by atoms with van der Waals surface area (Å²) in [6.07, 6.45) is 1.79. The number of aromatic hydroxyl groups is 2. The minimum absolute atomic E-state index is 0.0183. The van der Waals surface area contributed by atoms with Crippen LogP contribution in [0.5, 0.6) is 28.7 Å². The number of methoxy groups -OCH3 is 1. The van der Waals surface area contributed by atoms with Gasteiger partial charge in [-0.15, -0.1) is 0 Å². The van der Waals surface area contributed by atoms with Crippen LogP contribution in [-0.4, -0.2) is 77.6 Å². The highest BCUT2D eigenvalue weighted by Crippen LogP contribution is 2.57. The quantitative estimate of drug-likeness (QED) is 0.435. The summed E-state index contributed by atoms with van der Waals surface area (Å²) in [5, 5.41) is 36.8. The topological polar surface area (TPSA) is 154 Å². The second kappa shape index (κ2) is 9.98. The van der Waals surface area contributed by atoms with E-state index in [2.05, 4.69) is 27.3 Å². The van der Waals surface area contributed by atoms with Gasteiger partial charge in [-0.25, -0.2) is 0 Å². The molecule has 0 aliphatic carbocycles. The van der Waals surface area contributed by atoms with Gasteiger partial charge in [-0.3, -0.25) is 14.6 Å². The fraction of sp³-hybridized carbons (Fsp3) is 0.533. The molecular weight excluding hydrogens is 526 g/mol. The number of fused-ring (bicyclic) bond motifs is 9. The number of likely N-dealkylation sites (N-methyl/N-ethyl adjacent to an activating group) is 1. The summed E-state index contributed by atoms with van der Waals surface area (Å²) < 4.78 is 17.4. The third-order valence-corrected chi connectivity index (χ3v) is 9.46. The summed E-state index contributed by atoms with van der Waals surface area (Å²) in [5.41, 5.74) is 10.5. The van der Waals surface area contributed by atoms with Gasteiger partial charge in [0.2, 0.25) is 12.7 Å². The molecule has 218 valence electrons. The van der Waals surface area contributed by atoms with E-state index in [4.69, 9.17) is 19.9 Å². The normalized spacial score (nSPS) is 27.1. The molecule has 0 radical (unpaired) electrons. The predicted molar refractivity (Wildman–Crippen MR) is 149 cm³/mol. The van der Waals surface area contributed by atoms with Crippen molar-refractivity contribution in [1.82, 2.24) is 15.1 Å². The highest BCUT2D eigenvalue weighted by molar-refractivity contribution is 5.81. The number of rotatable bonds is 4. The molecule has 1 amide bonds. The Labute approximate surface area is 239 Å². The summed E-state index contributed by atoms with van der Waals surface area (Å²) in [6.45, 7) is 5.50. The molecule has 0 aromatic heterocycles. The molecule has 0 spiro atoms. The van der Waals surface area contributed by atoms with E-state index in [1.807, 2.05) is 14.0 Å². The average Bonchev–Trinajstić information content (AvgIpc) is 3.40. The maximum atomic E-state index is 12.7. The van der Waals surface area contributed by atoms with Crippen molar-refractivity contribution in [2.75, 3.05) is 27.5 Å². The molecule has 11 nitrogen and oxygen atoms in total. The summed E-state index contributed by atoms with van der Waals surface area (Å²) in [5.74, 6) is 1.35. The first-order chi connectivity index (χ1) is 19.6. The zero-order valence-corrected chi connectivity index (χ0v) is 24.0. The first kappa shape index (κ1) is 27.4. The van der Waals surface area contributed by atoms with Gasteiger partial charge in [-0.2, -0.15) is 5.26 Å². The van der Waals surface area contributed by atoms with Gasteiger partial charge in [0.25, 0.3) is 0 Å². The molecule has 1 fully saturated rings. The number of benzene rings is 2. The monoisotopic (exact) mass is 563 g/mol. The van der Waals surface area contributed by atoms with Gasteiger partial charge in [0.15, 0.2) is 23.0 Å². The number of nitriles is 1.